The molecule has 6 heteroatoms. The maximum Gasteiger partial charge on any atom is 0.327 e. The molecule has 1 N–H and O–H groups in total. The van der Waals surface area contributed by atoms with Crippen LogP contribution in [0, 0.1) is 0 Å². The van der Waals surface area contributed by atoms with E-state index in [-0.39, 0.29) is 6.54 Å². The average Bonchev–Trinajstić information content (AvgIpc) is 2.37. The lowest BCUT2D eigenvalue weighted by atomic mass is 10.3. The monoisotopic (exact) mass is 261 g/mol. The number of anilines is 1. The molecule has 0 aliphatic carbocycles. The fraction of sp³-hybridized carbons (Fsp3) is 0.308. The van der Waals surface area contributed by atoms with Crippen molar-refractivity contribution in [3.63, 3.8) is 0 Å². The van der Waals surface area contributed by atoms with Crippen LogP contribution in [0.15, 0.2) is 35.4 Å². The quantitative estimate of drug-likeness (QED) is 0.503. The fourth-order valence-electron chi connectivity index (χ4n) is 1.55. The van der Waals surface area contributed by atoms with E-state index in [1.807, 2.05) is 18.2 Å². The van der Waals surface area contributed by atoms with Crippen LogP contribution in [0.5, 0.6) is 0 Å². The van der Waals surface area contributed by atoms with Crippen molar-refractivity contribution in [1.29, 1.82) is 0 Å². The molecule has 2 amide bonds. The van der Waals surface area contributed by atoms with Gasteiger partial charge < -0.3 is 10.3 Å². The van der Waals surface area contributed by atoms with Gasteiger partial charge in [0.1, 0.15) is 5.84 Å². The highest BCUT2D eigenvalue weighted by Gasteiger charge is 2.18. The molecule has 0 saturated carbocycles. The van der Waals surface area contributed by atoms with Gasteiger partial charge in [0.25, 0.3) is 0 Å². The lowest BCUT2D eigenvalue weighted by Gasteiger charge is -2.23. The van der Waals surface area contributed by atoms with Gasteiger partial charge in [-0.25, -0.2) is 9.69 Å². The summed E-state index contributed by atoms with van der Waals surface area (Å²) in [6.45, 7) is 1.56. The number of hydrazone groups is 1. The highest BCUT2D eigenvalue weighted by atomic mass is 16.2. The van der Waals surface area contributed by atoms with Crippen LogP contribution < -0.4 is 10.2 Å². The van der Waals surface area contributed by atoms with Crippen LogP contribution in [0.4, 0.5) is 10.5 Å². The van der Waals surface area contributed by atoms with Crippen LogP contribution in [-0.4, -0.2) is 43.8 Å². The minimum absolute atomic E-state index is 0.155. The zero-order valence-electron chi connectivity index (χ0n) is 11.3. The first kappa shape index (κ1) is 14.7. The van der Waals surface area contributed by atoms with Crippen molar-refractivity contribution in [2.75, 3.05) is 25.5 Å². The lowest BCUT2D eigenvalue weighted by Crippen LogP contribution is -2.44. The molecule has 1 radical (unpaired) electrons. The van der Waals surface area contributed by atoms with Crippen LogP contribution in [0.25, 0.3) is 0 Å². The largest absolute Gasteiger partial charge is 0.330 e. The molecule has 0 saturated heterocycles. The number of carbonyl (C=O) groups is 1. The van der Waals surface area contributed by atoms with Gasteiger partial charge in [0.05, 0.1) is 12.2 Å². The summed E-state index contributed by atoms with van der Waals surface area (Å²) in [4.78, 5) is 23.7. The molecule has 0 fully saturated rings. The second kappa shape index (κ2) is 7.15. The van der Waals surface area contributed by atoms with Gasteiger partial charge in [0.15, 0.2) is 0 Å². The number of hydrogen-bond donors (Lipinski definition) is 1. The zero-order chi connectivity index (χ0) is 14.3. The van der Waals surface area contributed by atoms with Gasteiger partial charge in [-0.15, -0.1) is 0 Å². The number of amides is 2. The SMILES string of the molecule is C/C(=N\N(C)C)N(C(=O)NC[C]=O)c1ccccc1. The van der Waals surface area contributed by atoms with E-state index < -0.39 is 6.03 Å². The summed E-state index contributed by atoms with van der Waals surface area (Å²) in [5.74, 6) is 0.500. The van der Waals surface area contributed by atoms with E-state index >= 15 is 0 Å². The summed E-state index contributed by atoms with van der Waals surface area (Å²) in [6, 6.07) is 8.67. The lowest BCUT2D eigenvalue weighted by molar-refractivity contribution is 0.250. The summed E-state index contributed by atoms with van der Waals surface area (Å²) >= 11 is 0. The number of rotatable bonds is 4. The molecule has 0 spiro atoms. The third-order valence-corrected chi connectivity index (χ3v) is 2.20. The number of hydrogen-bond acceptors (Lipinski definition) is 4. The zero-order valence-corrected chi connectivity index (χ0v) is 11.3. The van der Waals surface area contributed by atoms with Crippen molar-refractivity contribution >= 4 is 23.8 Å². The van der Waals surface area contributed by atoms with Gasteiger partial charge in [-0.1, -0.05) is 18.2 Å². The normalized spacial score (nSPS) is 10.8. The molecule has 0 unspecified atom stereocenters. The summed E-state index contributed by atoms with van der Waals surface area (Å²) in [6.07, 6.45) is 1.63. The Balaban J connectivity index is 3.04. The van der Waals surface area contributed by atoms with Gasteiger partial charge in [-0.05, 0) is 19.1 Å². The Bertz CT molecular complexity index is 457. The predicted octanol–water partition coefficient (Wildman–Crippen LogP) is 1.21. The maximum atomic E-state index is 12.1. The predicted molar refractivity (Wildman–Crippen MR) is 74.8 cm³/mol. The first-order valence-corrected chi connectivity index (χ1v) is 5.76. The molecule has 0 aliphatic rings. The van der Waals surface area contributed by atoms with E-state index in [2.05, 4.69) is 10.4 Å². The Labute approximate surface area is 112 Å². The van der Waals surface area contributed by atoms with Gasteiger partial charge in [0, 0.05) is 14.1 Å². The minimum Gasteiger partial charge on any atom is -0.330 e. The highest BCUT2D eigenvalue weighted by molar-refractivity contribution is 6.15. The van der Waals surface area contributed by atoms with Crippen LogP contribution in [0.3, 0.4) is 0 Å². The van der Waals surface area contributed by atoms with Gasteiger partial charge >= 0.3 is 6.03 Å². The van der Waals surface area contributed by atoms with Crippen LogP contribution in [0.2, 0.25) is 0 Å². The van der Waals surface area contributed by atoms with Gasteiger partial charge in [-0.3, -0.25) is 4.79 Å². The summed E-state index contributed by atoms with van der Waals surface area (Å²) in [5, 5.41) is 8.25. The van der Waals surface area contributed by atoms with Crippen molar-refractivity contribution in [3.05, 3.63) is 30.3 Å². The van der Waals surface area contributed by atoms with Crippen LogP contribution >= 0.6 is 0 Å². The summed E-state index contributed by atoms with van der Waals surface area (Å²) in [7, 11) is 3.54. The van der Waals surface area contributed by atoms with Gasteiger partial charge in [0.2, 0.25) is 6.29 Å². The Kier molecular flexibility index (Phi) is 5.53. The van der Waals surface area contributed by atoms with E-state index in [4.69, 9.17) is 0 Å². The third-order valence-electron chi connectivity index (χ3n) is 2.20. The number of para-hydroxylation sites is 1. The van der Waals surface area contributed by atoms with Crippen molar-refractivity contribution < 1.29 is 9.59 Å². The molecule has 1 rings (SSSR count). The molecule has 0 heterocycles. The Hall–Kier alpha value is -2.37. The fourth-order valence-corrected chi connectivity index (χ4v) is 1.55. The van der Waals surface area contributed by atoms with Gasteiger partial charge in [-0.2, -0.15) is 5.10 Å². The first-order chi connectivity index (χ1) is 9.06. The third kappa shape index (κ3) is 4.42. The molecule has 19 heavy (non-hydrogen) atoms. The molecule has 1 aromatic rings. The van der Waals surface area contributed by atoms with E-state index in [9.17, 15) is 9.59 Å². The molecule has 0 aromatic heterocycles. The molecule has 6 nitrogen and oxygen atoms in total. The summed E-state index contributed by atoms with van der Waals surface area (Å²) < 4.78 is 0. The second-order valence-corrected chi connectivity index (χ2v) is 3.97. The molecule has 0 bridgehead atoms. The van der Waals surface area contributed by atoms with Crippen molar-refractivity contribution in [3.8, 4) is 0 Å². The van der Waals surface area contributed by atoms with E-state index in [1.165, 1.54) is 4.90 Å². The second-order valence-electron chi connectivity index (χ2n) is 3.97. The number of amidine groups is 1. The molecule has 0 aliphatic heterocycles. The number of benzene rings is 1. The Morgan fingerprint density at radius 3 is 2.47 bits per heavy atom. The van der Waals surface area contributed by atoms with Crippen molar-refractivity contribution in [1.82, 2.24) is 10.3 Å². The van der Waals surface area contributed by atoms with Crippen molar-refractivity contribution in [2.45, 2.75) is 6.92 Å². The smallest absolute Gasteiger partial charge is 0.327 e. The average molecular weight is 261 g/mol. The van der Waals surface area contributed by atoms with Crippen molar-refractivity contribution in [2.24, 2.45) is 5.10 Å². The van der Waals surface area contributed by atoms with Crippen LogP contribution in [0.1, 0.15) is 6.92 Å². The minimum atomic E-state index is -0.419. The standard InChI is InChI=1S/C13H17N4O2/c1-11(15-16(2)3)17(13(19)14-9-10-18)12-7-5-4-6-8-12/h4-8H,9H2,1-3H3,(H,14,19)/b15-11+. The topological polar surface area (TPSA) is 65.0 Å². The van der Waals surface area contributed by atoms with E-state index in [0.717, 1.165) is 0 Å². The van der Waals surface area contributed by atoms with Crippen LogP contribution in [-0.2, 0) is 4.79 Å². The maximum absolute atomic E-state index is 12.1. The number of urea groups is 1. The Morgan fingerprint density at radius 2 is 1.95 bits per heavy atom. The number of nitrogens with one attached hydrogen (secondary N) is 1. The molecule has 1 aromatic carbocycles. The van der Waals surface area contributed by atoms with E-state index in [1.54, 1.807) is 44.4 Å². The highest BCUT2D eigenvalue weighted by Crippen LogP contribution is 2.14. The first-order valence-electron chi connectivity index (χ1n) is 5.76. The molecular weight excluding hydrogens is 244 g/mol. The Morgan fingerprint density at radius 1 is 1.32 bits per heavy atom. The molecule has 101 valence electrons. The molecular formula is C13H17N4O2. The summed E-state index contributed by atoms with van der Waals surface area (Å²) in [5.41, 5.74) is 0.675. The van der Waals surface area contributed by atoms with E-state index in [0.29, 0.717) is 11.5 Å². The number of carbonyl (C=O) groups excluding carboxylic acids is 2. The molecule has 0 atom stereocenters. The number of nitrogens with zero attached hydrogens (tertiary/aromatic N) is 3.